The topological polar surface area (TPSA) is 165 Å². The quantitative estimate of drug-likeness (QED) is 0.137. The molecule has 14 rings (SSSR count). The molecular weight excluding hydrogens is 930 g/mol. The van der Waals surface area contributed by atoms with E-state index in [1.165, 1.54) is 12.0 Å². The molecule has 19 heteroatoms. The maximum Gasteiger partial charge on any atom is 0.491 e. The second kappa shape index (κ2) is 19.3. The van der Waals surface area contributed by atoms with E-state index in [1.807, 2.05) is 59.0 Å². The zero-order valence-corrected chi connectivity index (χ0v) is 40.9. The highest BCUT2D eigenvalue weighted by Gasteiger charge is 2.71. The number of imidazole rings is 2. The number of alkyl halides is 3. The van der Waals surface area contributed by atoms with Gasteiger partial charge in [0.15, 0.2) is 23.8 Å². The lowest BCUT2D eigenvalue weighted by molar-refractivity contribution is -0.576. The largest absolute Gasteiger partial charge is 0.508 e. The van der Waals surface area contributed by atoms with Crippen LogP contribution in [0.1, 0.15) is 104 Å². The van der Waals surface area contributed by atoms with Gasteiger partial charge in [0.25, 0.3) is 0 Å². The van der Waals surface area contributed by atoms with E-state index in [0.717, 1.165) is 56.5 Å². The molecule has 4 bridgehead atoms. The molecule has 2 aromatic heterocycles. The van der Waals surface area contributed by atoms with Gasteiger partial charge in [0.05, 0.1) is 12.7 Å². The molecule has 1 unspecified atom stereocenters. The molecule has 1 N–H and O–H groups in total. The van der Waals surface area contributed by atoms with Crippen LogP contribution in [-0.2, 0) is 61.1 Å². The average Bonchev–Trinajstić information content (AvgIpc) is 3.95. The number of esters is 1. The number of carbonyl (C=O) groups is 1. The average molecular weight is 995 g/mol. The van der Waals surface area contributed by atoms with Crippen LogP contribution in [0, 0.1) is 47.3 Å². The van der Waals surface area contributed by atoms with Crippen molar-refractivity contribution in [1.29, 1.82) is 0 Å². The molecule has 2 aromatic carbocycles. The maximum atomic E-state index is 12.6. The number of fused-ring (bicyclic) bond motifs is 4. The second-order valence-electron chi connectivity index (χ2n) is 21.3. The lowest BCUT2D eigenvalue weighted by Crippen LogP contribution is -2.70. The number of ether oxygens (including phenoxy) is 6. The van der Waals surface area contributed by atoms with Crippen molar-refractivity contribution in [1.82, 2.24) is 19.1 Å². The van der Waals surface area contributed by atoms with Crippen LogP contribution in [0.15, 0.2) is 86.0 Å². The Labute approximate surface area is 411 Å². The van der Waals surface area contributed by atoms with Crippen LogP contribution >= 0.6 is 0 Å². The molecule has 16 nitrogen and oxygen atoms in total. The Bertz CT molecular complexity index is 2430. The molecule has 16 atom stereocenters. The fourth-order valence-electron chi connectivity index (χ4n) is 12.8. The first-order valence-electron chi connectivity index (χ1n) is 25.0. The number of nitrogens with zero attached hydrogens (tertiary/aromatic N) is 4. The van der Waals surface area contributed by atoms with Gasteiger partial charge in [-0.3, -0.25) is 0 Å². The number of phenolic OH excluding ortho intramolecular Hbond substituents is 1. The Morgan fingerprint density at radius 2 is 1.13 bits per heavy atom. The minimum Gasteiger partial charge on any atom is -0.508 e. The van der Waals surface area contributed by atoms with Gasteiger partial charge in [-0.1, -0.05) is 52.0 Å². The van der Waals surface area contributed by atoms with Gasteiger partial charge in [-0.15, -0.1) is 0 Å². The van der Waals surface area contributed by atoms with E-state index >= 15 is 0 Å². The van der Waals surface area contributed by atoms with Gasteiger partial charge in [0.2, 0.25) is 24.2 Å². The van der Waals surface area contributed by atoms with Crippen LogP contribution in [0.25, 0.3) is 0 Å². The Morgan fingerprint density at radius 3 is 1.59 bits per heavy atom. The lowest BCUT2D eigenvalue weighted by atomic mass is 9.58. The summed E-state index contributed by atoms with van der Waals surface area (Å²) >= 11 is 0. The van der Waals surface area contributed by atoms with Crippen LogP contribution in [-0.4, -0.2) is 84.3 Å². The van der Waals surface area contributed by atoms with Crippen LogP contribution < -0.4 is 4.74 Å². The van der Waals surface area contributed by atoms with Gasteiger partial charge in [-0.2, -0.15) is 13.2 Å². The first kappa shape index (κ1) is 50.0. The third-order valence-corrected chi connectivity index (χ3v) is 16.6. The zero-order valence-electron chi connectivity index (χ0n) is 40.9. The summed E-state index contributed by atoms with van der Waals surface area (Å²) in [5.41, 5.74) is 0.894. The maximum absolute atomic E-state index is 12.6. The second-order valence-corrected chi connectivity index (χ2v) is 21.3. The lowest BCUT2D eigenvalue weighted by Gasteiger charge is -2.60. The number of rotatable bonds is 7. The molecular formula is C52H65F3N4O12. The summed E-state index contributed by atoms with van der Waals surface area (Å²) < 4.78 is 77.6. The number of benzene rings is 2. The van der Waals surface area contributed by atoms with Crippen molar-refractivity contribution in [3.8, 4) is 11.5 Å². The third-order valence-electron chi connectivity index (χ3n) is 16.6. The molecule has 0 amide bonds. The molecule has 2 saturated carbocycles. The van der Waals surface area contributed by atoms with E-state index < -0.39 is 66.0 Å². The number of carbonyl (C=O) groups excluding carboxylic acids is 1. The van der Waals surface area contributed by atoms with Crippen molar-refractivity contribution in [3.63, 3.8) is 0 Å². The summed E-state index contributed by atoms with van der Waals surface area (Å²) in [5, 5.41) is 9.06. The summed E-state index contributed by atoms with van der Waals surface area (Å²) in [6, 6.07) is 15.4. The molecule has 10 fully saturated rings. The standard InChI is InChI=1S/C25H32N2O5.C17H23F3O6.C10H10N2O/c1-16-4-9-21-17(2)22(28-19-7-5-18(6-8-19)14-27-13-12-26-15-27)29-23-25(21)20(16)10-11-24(3,30-23)31-32-25;1-8-4-5-11-9(2)12(22-13(21)17(18,19)20)23-14-16(11)10(8)6-7-15(3,24-14)25-26-16;13-10-3-1-9(2-4-10)7-12-6-5-11-8-12/h5-8,12-13,15-17,20-23H,4,9-11,14H2,1-3H3;8-12,14H,4-7H2,1-3H3;1-6,8,13H,7H2/t16-,17-,20+,21+,22+,23-,24+,25-;8-,9-,10+,11+,12?,14-,15+,16-;/m11./s1. The number of aromatic nitrogens is 4. The summed E-state index contributed by atoms with van der Waals surface area (Å²) in [6.07, 6.45) is 9.90. The molecule has 10 heterocycles. The van der Waals surface area contributed by atoms with Crippen LogP contribution in [0.2, 0.25) is 0 Å². The van der Waals surface area contributed by atoms with Crippen molar-refractivity contribution in [3.05, 3.63) is 97.1 Å². The first-order chi connectivity index (χ1) is 33.9. The summed E-state index contributed by atoms with van der Waals surface area (Å²) in [5.74, 6) is -1.87. The molecule has 8 saturated heterocycles. The van der Waals surface area contributed by atoms with Gasteiger partial charge >= 0.3 is 12.1 Å². The van der Waals surface area contributed by atoms with Crippen molar-refractivity contribution >= 4 is 5.97 Å². The summed E-state index contributed by atoms with van der Waals surface area (Å²) in [4.78, 5) is 43.0. The Kier molecular flexibility index (Phi) is 13.6. The molecule has 4 aromatic rings. The molecule has 0 radical (unpaired) electrons. The highest BCUT2D eigenvalue weighted by molar-refractivity contribution is 5.75. The molecule has 10 aliphatic rings. The van der Waals surface area contributed by atoms with Crippen LogP contribution in [0.4, 0.5) is 13.2 Å². The predicted octanol–water partition coefficient (Wildman–Crippen LogP) is 9.46. The number of hydrogen-bond acceptors (Lipinski definition) is 14. The van der Waals surface area contributed by atoms with Crippen molar-refractivity contribution < 1.29 is 71.0 Å². The molecule has 386 valence electrons. The molecule has 71 heavy (non-hydrogen) atoms. The number of aromatic hydroxyl groups is 1. The van der Waals surface area contributed by atoms with E-state index in [4.69, 9.17) is 48.3 Å². The van der Waals surface area contributed by atoms with Gasteiger partial charge in [-0.25, -0.2) is 34.3 Å². The van der Waals surface area contributed by atoms with Gasteiger partial charge in [-0.05, 0) is 111 Å². The Balaban J connectivity index is 0.000000133. The summed E-state index contributed by atoms with van der Waals surface area (Å²) in [6.45, 7) is 13.6. The third kappa shape index (κ3) is 9.61. The van der Waals surface area contributed by atoms with Crippen LogP contribution in [0.5, 0.6) is 11.5 Å². The van der Waals surface area contributed by atoms with E-state index in [2.05, 4.69) is 47.6 Å². The smallest absolute Gasteiger partial charge is 0.491 e. The van der Waals surface area contributed by atoms with E-state index in [0.29, 0.717) is 36.3 Å². The van der Waals surface area contributed by atoms with Gasteiger partial charge in [0, 0.05) is 74.4 Å². The predicted molar refractivity (Wildman–Crippen MR) is 244 cm³/mol. The van der Waals surface area contributed by atoms with E-state index in [1.54, 1.807) is 44.7 Å². The normalized spacial score (nSPS) is 39.7. The molecule has 2 aliphatic carbocycles. The van der Waals surface area contributed by atoms with Crippen LogP contribution in [0.3, 0.4) is 0 Å². The minimum absolute atomic E-state index is 0.0947. The highest BCUT2D eigenvalue weighted by Crippen LogP contribution is 2.62. The number of phenols is 1. The SMILES string of the molecule is C[C@@H]1CC[C@H]2[C@@H](C)C(OC(=O)C(F)(F)F)O[C@@H]3O[C@]4(C)CC[C@@H]1[C@]32OO4.C[C@H]1[C@@H](Oc2ccc(Cn3ccnc3)cc2)O[C@@H]2O[C@]3(C)CC[C@H]4[C@H](C)CC[C@@H]1[C@@]24OO3.Oc1ccc(Cn2ccnc2)cc1. The van der Waals surface area contributed by atoms with Crippen molar-refractivity contribution in [2.75, 3.05) is 0 Å². The number of hydrogen-bond donors (Lipinski definition) is 1. The fraction of sp³-hybridized carbons (Fsp3) is 0.635. The minimum atomic E-state index is -5.07. The first-order valence-corrected chi connectivity index (χ1v) is 25.0. The Morgan fingerprint density at radius 1 is 0.662 bits per heavy atom. The van der Waals surface area contributed by atoms with Crippen molar-refractivity contribution in [2.45, 2.75) is 160 Å². The Hall–Kier alpha value is -4.60. The monoisotopic (exact) mass is 994 g/mol. The molecule has 2 spiro atoms. The zero-order chi connectivity index (χ0) is 49.9. The van der Waals surface area contributed by atoms with E-state index in [-0.39, 0.29) is 23.7 Å². The molecule has 8 aliphatic heterocycles. The van der Waals surface area contributed by atoms with Gasteiger partial charge < -0.3 is 42.7 Å². The van der Waals surface area contributed by atoms with Gasteiger partial charge in [0.1, 0.15) is 11.5 Å². The summed E-state index contributed by atoms with van der Waals surface area (Å²) in [7, 11) is 0. The fourth-order valence-corrected chi connectivity index (χ4v) is 12.8. The van der Waals surface area contributed by atoms with Crippen molar-refractivity contribution in [2.24, 2.45) is 47.3 Å². The highest BCUT2D eigenvalue weighted by atomic mass is 19.4. The number of halogens is 3. The van der Waals surface area contributed by atoms with E-state index in [9.17, 15) is 18.0 Å².